The number of halogens is 6. The van der Waals surface area contributed by atoms with Gasteiger partial charge >= 0.3 is 0 Å². The molecule has 1 aromatic carbocycles. The fourth-order valence-electron chi connectivity index (χ4n) is 2.82. The Labute approximate surface area is 193 Å². The number of hydrogen-bond donors (Lipinski definition) is 0. The van der Waals surface area contributed by atoms with Crippen molar-refractivity contribution in [3.05, 3.63) is 35.7 Å². The Morgan fingerprint density at radius 1 is 0.786 bits per heavy atom. The van der Waals surface area contributed by atoms with Gasteiger partial charge in [-0.25, -0.2) is 4.98 Å². The van der Waals surface area contributed by atoms with E-state index in [1.54, 1.807) is 24.3 Å². The van der Waals surface area contributed by atoms with Crippen LogP contribution in [0.4, 0.5) is 5.95 Å². The van der Waals surface area contributed by atoms with Crippen LogP contribution in [-0.4, -0.2) is 53.1 Å². The summed E-state index contributed by atoms with van der Waals surface area (Å²) in [6.45, 7) is 3.47. The van der Waals surface area contributed by atoms with Crippen molar-refractivity contribution in [1.82, 2.24) is 19.9 Å². The quantitative estimate of drug-likeness (QED) is 0.518. The van der Waals surface area contributed by atoms with Crippen molar-refractivity contribution in [3.8, 4) is 11.4 Å². The molecule has 1 aliphatic rings. The molecule has 1 fully saturated rings. The van der Waals surface area contributed by atoms with Crippen LogP contribution in [-0.2, 0) is 7.59 Å². The van der Waals surface area contributed by atoms with E-state index in [-0.39, 0.29) is 5.82 Å². The molecule has 0 atom stereocenters. The molecule has 0 bridgehead atoms. The topological polar surface area (TPSA) is 45.2 Å². The molecule has 0 unspecified atom stereocenters. The number of anilines is 1. The Bertz CT molecular complexity index is 818. The molecule has 5 nitrogen and oxygen atoms in total. The average Bonchev–Trinajstić information content (AvgIpc) is 2.84. The third kappa shape index (κ3) is 5.66. The van der Waals surface area contributed by atoms with Crippen LogP contribution >= 0.6 is 69.6 Å². The van der Waals surface area contributed by atoms with E-state index in [1.807, 2.05) is 0 Å². The highest BCUT2D eigenvalue weighted by Gasteiger charge is 2.30. The molecule has 1 saturated heterocycles. The Kier molecular flexibility index (Phi) is 7.08. The van der Waals surface area contributed by atoms with Gasteiger partial charge in [0.1, 0.15) is 0 Å². The molecule has 2 heterocycles. The third-order valence-corrected chi connectivity index (χ3v) is 5.51. The van der Waals surface area contributed by atoms with E-state index in [9.17, 15) is 0 Å². The van der Waals surface area contributed by atoms with E-state index < -0.39 is 7.59 Å². The van der Waals surface area contributed by atoms with Crippen LogP contribution in [0.1, 0.15) is 17.8 Å². The van der Waals surface area contributed by atoms with E-state index in [4.69, 9.17) is 69.6 Å². The fraction of sp³-hybridized carbons (Fsp3) is 0.471. The lowest BCUT2D eigenvalue weighted by Gasteiger charge is -2.22. The van der Waals surface area contributed by atoms with Crippen molar-refractivity contribution in [3.63, 3.8) is 0 Å². The van der Waals surface area contributed by atoms with Gasteiger partial charge < -0.3 is 9.80 Å². The van der Waals surface area contributed by atoms with Crippen LogP contribution in [0, 0.1) is 0 Å². The Morgan fingerprint density at radius 2 is 1.46 bits per heavy atom. The molecule has 2 aromatic rings. The third-order valence-electron chi connectivity index (χ3n) is 4.35. The lowest BCUT2D eigenvalue weighted by molar-refractivity contribution is 0.360. The zero-order chi connectivity index (χ0) is 20.5. The molecular weight excluding hydrogens is 487 g/mol. The highest BCUT2D eigenvalue weighted by atomic mass is 35.6. The summed E-state index contributed by atoms with van der Waals surface area (Å²) in [5.74, 6) is 0.937. The second-order valence-electron chi connectivity index (χ2n) is 6.50. The largest absolute Gasteiger partial charge is 0.339 e. The van der Waals surface area contributed by atoms with Crippen LogP contribution in [0.25, 0.3) is 11.4 Å². The summed E-state index contributed by atoms with van der Waals surface area (Å²) in [5.41, 5.74) is 1.23. The van der Waals surface area contributed by atoms with Gasteiger partial charge in [-0.2, -0.15) is 9.97 Å². The summed E-state index contributed by atoms with van der Waals surface area (Å²) in [4.78, 5) is 17.7. The Hall–Kier alpha value is -0.270. The van der Waals surface area contributed by atoms with E-state index in [2.05, 4.69) is 31.8 Å². The smallest absolute Gasteiger partial charge is 0.250 e. The molecule has 0 saturated carbocycles. The first-order valence-corrected chi connectivity index (χ1v) is 10.8. The van der Waals surface area contributed by atoms with Gasteiger partial charge in [0.15, 0.2) is 11.6 Å². The second-order valence-corrected chi connectivity index (χ2v) is 11.1. The normalized spacial score (nSPS) is 16.9. The van der Waals surface area contributed by atoms with Crippen molar-refractivity contribution in [2.45, 2.75) is 14.0 Å². The lowest BCUT2D eigenvalue weighted by Crippen LogP contribution is -2.31. The van der Waals surface area contributed by atoms with Gasteiger partial charge in [0.2, 0.25) is 13.5 Å². The van der Waals surface area contributed by atoms with E-state index >= 15 is 0 Å². The molecule has 3 rings (SSSR count). The fourth-order valence-corrected chi connectivity index (χ4v) is 3.45. The van der Waals surface area contributed by atoms with Crippen LogP contribution in [0.5, 0.6) is 0 Å². The summed E-state index contributed by atoms with van der Waals surface area (Å²) >= 11 is 36.0. The lowest BCUT2D eigenvalue weighted by atomic mass is 10.1. The van der Waals surface area contributed by atoms with Crippen molar-refractivity contribution in [1.29, 1.82) is 0 Å². The predicted molar refractivity (Wildman–Crippen MR) is 118 cm³/mol. The molecular formula is C17H17Cl6N5. The van der Waals surface area contributed by atoms with Crippen molar-refractivity contribution >= 4 is 75.6 Å². The van der Waals surface area contributed by atoms with Crippen LogP contribution < -0.4 is 4.90 Å². The SMILES string of the molecule is CN1CCCN(c2nc(-c3ccc(C(Cl)(Cl)Cl)cc3)nc(C(Cl)(Cl)Cl)n2)CC1. The first-order chi connectivity index (χ1) is 13.0. The zero-order valence-corrected chi connectivity index (χ0v) is 19.4. The van der Waals surface area contributed by atoms with Crippen LogP contribution in [0.3, 0.4) is 0 Å². The standard InChI is InChI=1S/C17H17Cl6N5/c1-27-7-2-8-28(10-9-27)15-25-13(24-14(26-15)17(21,22)23)11-3-5-12(6-4-11)16(18,19)20/h3-6H,2,7-10H2,1H3. The summed E-state index contributed by atoms with van der Waals surface area (Å²) in [6.07, 6.45) is 0.985. The molecule has 1 aliphatic heterocycles. The minimum atomic E-state index is -1.77. The monoisotopic (exact) mass is 501 g/mol. The molecule has 28 heavy (non-hydrogen) atoms. The zero-order valence-electron chi connectivity index (χ0n) is 14.8. The van der Waals surface area contributed by atoms with E-state index in [0.717, 1.165) is 32.6 Å². The second kappa shape index (κ2) is 8.84. The Balaban J connectivity index is 2.01. The first-order valence-electron chi connectivity index (χ1n) is 8.48. The van der Waals surface area contributed by atoms with Gasteiger partial charge in [-0.15, -0.1) is 0 Å². The van der Waals surface area contributed by atoms with Crippen LogP contribution in [0.2, 0.25) is 0 Å². The predicted octanol–water partition coefficient (Wildman–Crippen LogP) is 5.33. The maximum Gasteiger partial charge on any atom is 0.250 e. The van der Waals surface area contributed by atoms with Crippen LogP contribution in [0.15, 0.2) is 24.3 Å². The van der Waals surface area contributed by atoms with Crippen molar-refractivity contribution in [2.24, 2.45) is 0 Å². The minimum absolute atomic E-state index is 0.0700. The number of benzene rings is 1. The van der Waals surface area contributed by atoms with Gasteiger partial charge in [-0.1, -0.05) is 93.9 Å². The molecule has 1 aromatic heterocycles. The molecule has 0 N–H and O–H groups in total. The molecule has 11 heteroatoms. The number of likely N-dealkylation sites (N-methyl/N-ethyl adjacent to an activating group) is 1. The highest BCUT2D eigenvalue weighted by molar-refractivity contribution is 6.67. The van der Waals surface area contributed by atoms with Crippen molar-refractivity contribution in [2.75, 3.05) is 38.1 Å². The van der Waals surface area contributed by atoms with Gasteiger partial charge in [0.25, 0.3) is 0 Å². The molecule has 152 valence electrons. The highest BCUT2D eigenvalue weighted by Crippen LogP contribution is 2.39. The molecule has 0 spiro atoms. The van der Waals surface area contributed by atoms with Gasteiger partial charge in [-0.05, 0) is 20.0 Å². The minimum Gasteiger partial charge on any atom is -0.339 e. The number of nitrogens with zero attached hydrogens (tertiary/aromatic N) is 5. The number of hydrogen-bond acceptors (Lipinski definition) is 5. The van der Waals surface area contributed by atoms with Crippen molar-refractivity contribution < 1.29 is 0 Å². The van der Waals surface area contributed by atoms with Gasteiger partial charge in [0, 0.05) is 30.8 Å². The van der Waals surface area contributed by atoms with Gasteiger partial charge in [-0.3, -0.25) is 0 Å². The maximum absolute atomic E-state index is 6.07. The molecule has 0 radical (unpaired) electrons. The number of alkyl halides is 6. The summed E-state index contributed by atoms with van der Waals surface area (Å²) in [5, 5.41) is 0. The first kappa shape index (κ1) is 22.4. The van der Waals surface area contributed by atoms with E-state index in [1.165, 1.54) is 0 Å². The molecule has 0 amide bonds. The number of rotatable bonds is 2. The number of aromatic nitrogens is 3. The van der Waals surface area contributed by atoms with Gasteiger partial charge in [0.05, 0.1) is 0 Å². The van der Waals surface area contributed by atoms with E-state index in [0.29, 0.717) is 22.9 Å². The Morgan fingerprint density at radius 3 is 2.07 bits per heavy atom. The summed E-state index contributed by atoms with van der Waals surface area (Å²) in [6, 6.07) is 6.91. The summed E-state index contributed by atoms with van der Waals surface area (Å²) < 4.78 is -3.28. The molecule has 0 aliphatic carbocycles. The maximum atomic E-state index is 6.07. The summed E-state index contributed by atoms with van der Waals surface area (Å²) in [7, 11) is 2.08. The average molecular weight is 504 g/mol.